The third-order valence-corrected chi connectivity index (χ3v) is 4.90. The molecule has 1 aromatic carbocycles. The molecule has 1 heterocycles. The van der Waals surface area contributed by atoms with Crippen LogP contribution in [0.5, 0.6) is 0 Å². The minimum absolute atomic E-state index is 0.0500. The van der Waals surface area contributed by atoms with Crippen molar-refractivity contribution < 1.29 is 14.7 Å². The van der Waals surface area contributed by atoms with Crippen molar-refractivity contribution >= 4 is 29.2 Å². The van der Waals surface area contributed by atoms with E-state index < -0.39 is 11.4 Å². The average Bonchev–Trinajstić information content (AvgIpc) is 3.10. The number of aromatic nitrogens is 3. The van der Waals surface area contributed by atoms with E-state index in [0.717, 1.165) is 19.3 Å². The van der Waals surface area contributed by atoms with Crippen molar-refractivity contribution in [3.63, 3.8) is 0 Å². The summed E-state index contributed by atoms with van der Waals surface area (Å²) in [6, 6.07) is 5.03. The zero-order valence-corrected chi connectivity index (χ0v) is 14.4. The lowest BCUT2D eigenvalue weighted by Gasteiger charge is -2.32. The van der Waals surface area contributed by atoms with Crippen LogP contribution in [0, 0.1) is 5.41 Å². The second kappa shape index (κ2) is 7.23. The van der Waals surface area contributed by atoms with Crippen LogP contribution in [0.25, 0.3) is 5.69 Å². The Hall–Kier alpha value is -2.41. The minimum Gasteiger partial charge on any atom is -0.481 e. The summed E-state index contributed by atoms with van der Waals surface area (Å²) in [5.41, 5.74) is 0.108. The van der Waals surface area contributed by atoms with Crippen molar-refractivity contribution in [2.24, 2.45) is 5.41 Å². The summed E-state index contributed by atoms with van der Waals surface area (Å²) in [5, 5.41) is 16.9. The van der Waals surface area contributed by atoms with Gasteiger partial charge in [-0.1, -0.05) is 30.9 Å². The van der Waals surface area contributed by atoms with E-state index in [1.807, 2.05) is 0 Å². The van der Waals surface area contributed by atoms with E-state index in [1.54, 1.807) is 18.2 Å². The lowest BCUT2D eigenvalue weighted by atomic mass is 9.71. The maximum atomic E-state index is 12.6. The predicted octanol–water partition coefficient (Wildman–Crippen LogP) is 3.28. The molecule has 132 valence electrons. The number of carbonyl (C=O) groups is 2. The molecule has 0 spiro atoms. The first-order valence-corrected chi connectivity index (χ1v) is 8.56. The van der Waals surface area contributed by atoms with Gasteiger partial charge in [0.05, 0.1) is 16.8 Å². The highest BCUT2D eigenvalue weighted by atomic mass is 35.5. The zero-order valence-electron chi connectivity index (χ0n) is 13.6. The Kier molecular flexibility index (Phi) is 5.03. The highest BCUT2D eigenvalue weighted by Crippen LogP contribution is 2.40. The van der Waals surface area contributed by atoms with Gasteiger partial charge in [0, 0.05) is 11.4 Å². The fourth-order valence-electron chi connectivity index (χ4n) is 3.34. The average molecular weight is 363 g/mol. The Morgan fingerprint density at radius 3 is 2.68 bits per heavy atom. The number of anilines is 1. The SMILES string of the molecule is O=C(CC1(C(=O)O)CCCCC1)Nc1cc(Cl)ccc1-n1cncn1. The van der Waals surface area contributed by atoms with Gasteiger partial charge in [0.2, 0.25) is 5.91 Å². The van der Waals surface area contributed by atoms with Crippen molar-refractivity contribution in [3.8, 4) is 5.69 Å². The van der Waals surface area contributed by atoms with Crippen LogP contribution in [0.3, 0.4) is 0 Å². The Morgan fingerprint density at radius 1 is 1.28 bits per heavy atom. The van der Waals surface area contributed by atoms with Gasteiger partial charge in [-0.2, -0.15) is 5.10 Å². The van der Waals surface area contributed by atoms with Crippen molar-refractivity contribution in [2.75, 3.05) is 5.32 Å². The molecule has 0 atom stereocenters. The number of carboxylic acid groups (broad SMARTS) is 1. The van der Waals surface area contributed by atoms with Gasteiger partial charge in [-0.25, -0.2) is 9.67 Å². The van der Waals surface area contributed by atoms with Gasteiger partial charge >= 0.3 is 5.97 Å². The first-order valence-electron chi connectivity index (χ1n) is 8.18. The maximum absolute atomic E-state index is 12.6. The molecular weight excluding hydrogens is 344 g/mol. The summed E-state index contributed by atoms with van der Waals surface area (Å²) in [7, 11) is 0. The molecule has 0 radical (unpaired) electrons. The minimum atomic E-state index is -0.978. The molecule has 1 amide bonds. The number of halogens is 1. The van der Waals surface area contributed by atoms with Gasteiger partial charge in [0.15, 0.2) is 0 Å². The second-order valence-corrected chi connectivity index (χ2v) is 6.81. The number of hydrogen-bond acceptors (Lipinski definition) is 4. The van der Waals surface area contributed by atoms with Crippen LogP contribution in [0.15, 0.2) is 30.9 Å². The Labute approximate surface area is 150 Å². The third-order valence-electron chi connectivity index (χ3n) is 4.66. The largest absolute Gasteiger partial charge is 0.481 e. The van der Waals surface area contributed by atoms with Crippen LogP contribution >= 0.6 is 11.6 Å². The molecule has 1 saturated carbocycles. The molecule has 1 aromatic heterocycles. The van der Waals surface area contributed by atoms with Crippen LogP contribution < -0.4 is 5.32 Å². The molecule has 1 fully saturated rings. The first-order chi connectivity index (χ1) is 12.0. The van der Waals surface area contributed by atoms with E-state index in [2.05, 4.69) is 15.4 Å². The van der Waals surface area contributed by atoms with Gasteiger partial charge in [-0.3, -0.25) is 9.59 Å². The summed E-state index contributed by atoms with van der Waals surface area (Å²) < 4.78 is 1.51. The smallest absolute Gasteiger partial charge is 0.310 e. The third kappa shape index (κ3) is 3.82. The summed E-state index contributed by atoms with van der Waals surface area (Å²) in [5.74, 6) is -1.24. The molecule has 1 aliphatic carbocycles. The number of carboxylic acids is 1. The fourth-order valence-corrected chi connectivity index (χ4v) is 3.51. The number of nitrogens with zero attached hydrogens (tertiary/aromatic N) is 3. The van der Waals surface area contributed by atoms with Gasteiger partial charge in [0.1, 0.15) is 12.7 Å². The molecule has 7 nitrogen and oxygen atoms in total. The highest BCUT2D eigenvalue weighted by Gasteiger charge is 2.41. The molecule has 2 aromatic rings. The van der Waals surface area contributed by atoms with E-state index in [9.17, 15) is 14.7 Å². The number of amides is 1. The van der Waals surface area contributed by atoms with Crippen molar-refractivity contribution in [3.05, 3.63) is 35.9 Å². The van der Waals surface area contributed by atoms with E-state index >= 15 is 0 Å². The molecule has 0 bridgehead atoms. The molecule has 0 saturated heterocycles. The number of benzene rings is 1. The van der Waals surface area contributed by atoms with Crippen molar-refractivity contribution in [1.82, 2.24) is 14.8 Å². The van der Waals surface area contributed by atoms with Crippen LogP contribution in [-0.4, -0.2) is 31.7 Å². The van der Waals surface area contributed by atoms with Gasteiger partial charge in [-0.15, -0.1) is 0 Å². The lowest BCUT2D eigenvalue weighted by Crippen LogP contribution is -2.37. The quantitative estimate of drug-likeness (QED) is 0.850. The number of nitrogens with one attached hydrogen (secondary N) is 1. The summed E-state index contributed by atoms with van der Waals surface area (Å²) in [6.07, 6.45) is 6.60. The Balaban J connectivity index is 1.81. The summed E-state index contributed by atoms with van der Waals surface area (Å²) >= 11 is 6.04. The molecule has 0 unspecified atom stereocenters. The standard InChI is InChI=1S/C17H19ClN4O3/c18-12-4-5-14(22-11-19-10-20-22)13(8-12)21-15(23)9-17(16(24)25)6-2-1-3-7-17/h4-5,8,10-11H,1-3,6-7,9H2,(H,21,23)(H,24,25). The molecule has 8 heteroatoms. The van der Waals surface area contributed by atoms with Crippen LogP contribution in [0.2, 0.25) is 5.02 Å². The van der Waals surface area contributed by atoms with E-state index in [-0.39, 0.29) is 12.3 Å². The van der Waals surface area contributed by atoms with E-state index in [4.69, 9.17) is 11.6 Å². The predicted molar refractivity (Wildman–Crippen MR) is 92.8 cm³/mol. The van der Waals surface area contributed by atoms with E-state index in [1.165, 1.54) is 17.3 Å². The number of carbonyl (C=O) groups excluding carboxylic acids is 1. The van der Waals surface area contributed by atoms with E-state index in [0.29, 0.717) is 29.2 Å². The highest BCUT2D eigenvalue weighted by molar-refractivity contribution is 6.31. The number of hydrogen-bond donors (Lipinski definition) is 2. The summed E-state index contributed by atoms with van der Waals surface area (Å²) in [6.45, 7) is 0. The normalized spacial score (nSPS) is 16.4. The first kappa shape index (κ1) is 17.4. The Morgan fingerprint density at radius 2 is 2.04 bits per heavy atom. The van der Waals surface area contributed by atoms with Gasteiger partial charge in [0.25, 0.3) is 0 Å². The Bertz CT molecular complexity index is 770. The number of rotatable bonds is 5. The second-order valence-electron chi connectivity index (χ2n) is 6.37. The van der Waals surface area contributed by atoms with Crippen LogP contribution in [0.1, 0.15) is 38.5 Å². The fraction of sp³-hybridized carbons (Fsp3) is 0.412. The maximum Gasteiger partial charge on any atom is 0.310 e. The topological polar surface area (TPSA) is 97.1 Å². The van der Waals surface area contributed by atoms with Gasteiger partial charge < -0.3 is 10.4 Å². The lowest BCUT2D eigenvalue weighted by molar-refractivity contribution is -0.153. The van der Waals surface area contributed by atoms with Crippen LogP contribution in [0.4, 0.5) is 5.69 Å². The molecule has 0 aliphatic heterocycles. The molecule has 25 heavy (non-hydrogen) atoms. The monoisotopic (exact) mass is 362 g/mol. The molecular formula is C17H19ClN4O3. The molecule has 1 aliphatic rings. The zero-order chi connectivity index (χ0) is 17.9. The molecule has 2 N–H and O–H groups in total. The number of aliphatic carboxylic acids is 1. The van der Waals surface area contributed by atoms with Crippen LogP contribution in [-0.2, 0) is 9.59 Å². The summed E-state index contributed by atoms with van der Waals surface area (Å²) in [4.78, 5) is 28.2. The van der Waals surface area contributed by atoms with Crippen molar-refractivity contribution in [2.45, 2.75) is 38.5 Å². The molecule has 3 rings (SSSR count). The van der Waals surface area contributed by atoms with Crippen molar-refractivity contribution in [1.29, 1.82) is 0 Å². The van der Waals surface area contributed by atoms with Gasteiger partial charge in [-0.05, 0) is 31.0 Å².